The molecule has 1 aromatic heterocycles. The van der Waals surface area contributed by atoms with Gasteiger partial charge in [0.25, 0.3) is 5.91 Å². The number of benzene rings is 2. The van der Waals surface area contributed by atoms with Crippen molar-refractivity contribution >= 4 is 17.5 Å². The summed E-state index contributed by atoms with van der Waals surface area (Å²) in [5, 5.41) is 7.66. The van der Waals surface area contributed by atoms with E-state index < -0.39 is 0 Å². The van der Waals surface area contributed by atoms with Crippen LogP contribution in [0.2, 0.25) is 5.02 Å². The number of hydrogen-bond donors (Lipinski definition) is 1. The second kappa shape index (κ2) is 6.62. The quantitative estimate of drug-likeness (QED) is 0.799. The monoisotopic (exact) mass is 326 g/mol. The summed E-state index contributed by atoms with van der Waals surface area (Å²) in [4.78, 5) is 16.1. The summed E-state index contributed by atoms with van der Waals surface area (Å²) in [6, 6.07) is 14.5. The van der Waals surface area contributed by atoms with Gasteiger partial charge in [-0.05, 0) is 48.9 Å². The molecule has 0 spiro atoms. The molecular formula is C17H15ClN4O. The minimum atomic E-state index is -0.130. The zero-order valence-electron chi connectivity index (χ0n) is 12.5. The molecule has 6 heteroatoms. The lowest BCUT2D eigenvalue weighted by Gasteiger charge is -2.15. The number of nitrogens with one attached hydrogen (secondary N) is 1. The standard InChI is InChI=1S/C17H15ClN4O/c1-12(21-17(23)14-2-6-15(18)7-3-14)13-4-8-16(9-5-13)22-11-19-10-20-22/h2-12H,1H3,(H,21,23)/t12-/m1/s1. The molecule has 23 heavy (non-hydrogen) atoms. The molecule has 5 nitrogen and oxygen atoms in total. The first-order chi connectivity index (χ1) is 11.1. The number of rotatable bonds is 4. The van der Waals surface area contributed by atoms with E-state index in [0.29, 0.717) is 10.6 Å². The predicted octanol–water partition coefficient (Wildman–Crippen LogP) is 3.41. The largest absolute Gasteiger partial charge is 0.346 e. The van der Waals surface area contributed by atoms with Gasteiger partial charge in [0.05, 0.1) is 11.7 Å². The van der Waals surface area contributed by atoms with Crippen molar-refractivity contribution in [2.45, 2.75) is 13.0 Å². The molecule has 0 unspecified atom stereocenters. The summed E-state index contributed by atoms with van der Waals surface area (Å²) in [5.74, 6) is -0.130. The van der Waals surface area contributed by atoms with Crippen LogP contribution in [0.4, 0.5) is 0 Å². The number of amides is 1. The minimum Gasteiger partial charge on any atom is -0.346 e. The lowest BCUT2D eigenvalue weighted by atomic mass is 10.1. The molecule has 1 N–H and O–H groups in total. The van der Waals surface area contributed by atoms with E-state index in [0.717, 1.165) is 11.3 Å². The number of carbonyl (C=O) groups is 1. The lowest BCUT2D eigenvalue weighted by Crippen LogP contribution is -2.26. The number of nitrogens with zero attached hydrogens (tertiary/aromatic N) is 3. The Balaban J connectivity index is 1.69. The highest BCUT2D eigenvalue weighted by Gasteiger charge is 2.11. The molecule has 0 saturated carbocycles. The molecule has 0 aliphatic rings. The highest BCUT2D eigenvalue weighted by atomic mass is 35.5. The van der Waals surface area contributed by atoms with Crippen LogP contribution < -0.4 is 5.32 Å². The second-order valence-electron chi connectivity index (χ2n) is 5.13. The van der Waals surface area contributed by atoms with E-state index in [4.69, 9.17) is 11.6 Å². The molecule has 2 aromatic carbocycles. The normalized spacial score (nSPS) is 11.9. The third kappa shape index (κ3) is 3.57. The van der Waals surface area contributed by atoms with Crippen molar-refractivity contribution in [3.63, 3.8) is 0 Å². The van der Waals surface area contributed by atoms with E-state index in [1.54, 1.807) is 35.3 Å². The summed E-state index contributed by atoms with van der Waals surface area (Å²) < 4.78 is 1.68. The molecule has 1 atom stereocenters. The highest BCUT2D eigenvalue weighted by molar-refractivity contribution is 6.30. The summed E-state index contributed by atoms with van der Waals surface area (Å²) in [7, 11) is 0. The van der Waals surface area contributed by atoms with E-state index in [2.05, 4.69) is 15.4 Å². The van der Waals surface area contributed by atoms with Gasteiger partial charge >= 0.3 is 0 Å². The average Bonchev–Trinajstić information content (AvgIpc) is 3.10. The highest BCUT2D eigenvalue weighted by Crippen LogP contribution is 2.16. The van der Waals surface area contributed by atoms with Gasteiger partial charge in [-0.1, -0.05) is 23.7 Å². The topological polar surface area (TPSA) is 59.8 Å². The first kappa shape index (κ1) is 15.2. The number of aromatic nitrogens is 3. The first-order valence-electron chi connectivity index (χ1n) is 7.15. The van der Waals surface area contributed by atoms with Crippen molar-refractivity contribution in [2.75, 3.05) is 0 Å². The van der Waals surface area contributed by atoms with Gasteiger partial charge in [-0.15, -0.1) is 0 Å². The zero-order chi connectivity index (χ0) is 16.2. The van der Waals surface area contributed by atoms with Gasteiger partial charge in [-0.2, -0.15) is 5.10 Å². The molecule has 116 valence electrons. The molecule has 0 fully saturated rings. The first-order valence-corrected chi connectivity index (χ1v) is 7.52. The van der Waals surface area contributed by atoms with Gasteiger partial charge < -0.3 is 5.32 Å². The molecule has 3 aromatic rings. The summed E-state index contributed by atoms with van der Waals surface area (Å²) in [6.07, 6.45) is 3.13. The smallest absolute Gasteiger partial charge is 0.251 e. The molecule has 1 amide bonds. The Kier molecular flexibility index (Phi) is 4.39. The molecular weight excluding hydrogens is 312 g/mol. The van der Waals surface area contributed by atoms with Gasteiger partial charge in [0.1, 0.15) is 12.7 Å². The number of carbonyl (C=O) groups excluding carboxylic acids is 1. The molecule has 3 rings (SSSR count). The molecule has 0 aliphatic heterocycles. The Morgan fingerprint density at radius 2 is 1.83 bits per heavy atom. The van der Waals surface area contributed by atoms with Crippen LogP contribution in [-0.2, 0) is 0 Å². The molecule has 0 aliphatic carbocycles. The fourth-order valence-electron chi connectivity index (χ4n) is 2.22. The van der Waals surface area contributed by atoms with Crippen LogP contribution in [0, 0.1) is 0 Å². The zero-order valence-corrected chi connectivity index (χ0v) is 13.2. The van der Waals surface area contributed by atoms with E-state index in [-0.39, 0.29) is 11.9 Å². The Bertz CT molecular complexity index is 782. The molecule has 0 bridgehead atoms. The summed E-state index contributed by atoms with van der Waals surface area (Å²) in [6.45, 7) is 1.94. The van der Waals surface area contributed by atoms with E-state index in [1.165, 1.54) is 6.33 Å². The average molecular weight is 327 g/mol. The fourth-order valence-corrected chi connectivity index (χ4v) is 2.35. The van der Waals surface area contributed by atoms with Crippen molar-refractivity contribution < 1.29 is 4.79 Å². The molecule has 1 heterocycles. The fraction of sp³-hybridized carbons (Fsp3) is 0.118. The van der Waals surface area contributed by atoms with E-state index >= 15 is 0 Å². The Labute approximate surface area is 138 Å². The van der Waals surface area contributed by atoms with Crippen LogP contribution in [0.5, 0.6) is 0 Å². The predicted molar refractivity (Wildman–Crippen MR) is 88.7 cm³/mol. The van der Waals surface area contributed by atoms with Crippen LogP contribution in [0.1, 0.15) is 28.9 Å². The summed E-state index contributed by atoms with van der Waals surface area (Å²) >= 11 is 5.83. The minimum absolute atomic E-state index is 0.108. The van der Waals surface area contributed by atoms with Crippen LogP contribution >= 0.6 is 11.6 Å². The van der Waals surface area contributed by atoms with E-state index in [1.807, 2.05) is 31.2 Å². The van der Waals surface area contributed by atoms with Crippen LogP contribution in [0.3, 0.4) is 0 Å². The third-order valence-corrected chi connectivity index (χ3v) is 3.78. The van der Waals surface area contributed by atoms with Crippen molar-refractivity contribution in [1.82, 2.24) is 20.1 Å². The van der Waals surface area contributed by atoms with Crippen LogP contribution in [0.15, 0.2) is 61.2 Å². The Morgan fingerprint density at radius 3 is 2.43 bits per heavy atom. The van der Waals surface area contributed by atoms with Crippen molar-refractivity contribution in [1.29, 1.82) is 0 Å². The van der Waals surface area contributed by atoms with Gasteiger partial charge in [0, 0.05) is 10.6 Å². The maximum absolute atomic E-state index is 12.2. The number of halogens is 1. The molecule has 0 radical (unpaired) electrons. The number of hydrogen-bond acceptors (Lipinski definition) is 3. The SMILES string of the molecule is C[C@@H](NC(=O)c1ccc(Cl)cc1)c1ccc(-n2cncn2)cc1. The van der Waals surface area contributed by atoms with Crippen molar-refractivity contribution in [3.8, 4) is 5.69 Å². The van der Waals surface area contributed by atoms with Crippen molar-refractivity contribution in [3.05, 3.63) is 77.3 Å². The van der Waals surface area contributed by atoms with Crippen molar-refractivity contribution in [2.24, 2.45) is 0 Å². The van der Waals surface area contributed by atoms with Gasteiger partial charge in [-0.3, -0.25) is 4.79 Å². The van der Waals surface area contributed by atoms with Crippen LogP contribution in [-0.4, -0.2) is 20.7 Å². The van der Waals surface area contributed by atoms with Gasteiger partial charge in [-0.25, -0.2) is 9.67 Å². The molecule has 0 saturated heterocycles. The Hall–Kier alpha value is -2.66. The maximum atomic E-state index is 12.2. The van der Waals surface area contributed by atoms with E-state index in [9.17, 15) is 4.79 Å². The lowest BCUT2D eigenvalue weighted by molar-refractivity contribution is 0.0940. The van der Waals surface area contributed by atoms with Crippen LogP contribution in [0.25, 0.3) is 5.69 Å². The van der Waals surface area contributed by atoms with Gasteiger partial charge in [0.2, 0.25) is 0 Å². The summed E-state index contributed by atoms with van der Waals surface area (Å²) in [5.41, 5.74) is 2.51. The second-order valence-corrected chi connectivity index (χ2v) is 5.57. The third-order valence-electron chi connectivity index (χ3n) is 3.53. The Morgan fingerprint density at radius 1 is 1.13 bits per heavy atom. The van der Waals surface area contributed by atoms with Gasteiger partial charge in [0.15, 0.2) is 0 Å². The maximum Gasteiger partial charge on any atom is 0.251 e.